The van der Waals surface area contributed by atoms with E-state index in [-0.39, 0.29) is 58.7 Å². The second-order valence-electron chi connectivity index (χ2n) is 12.1. The van der Waals surface area contributed by atoms with Gasteiger partial charge in [0.15, 0.2) is 0 Å². The van der Waals surface area contributed by atoms with Gasteiger partial charge in [-0.15, -0.1) is 12.4 Å². The minimum Gasteiger partial charge on any atom is -0.478 e. The zero-order valence-electron chi connectivity index (χ0n) is 27.3. The van der Waals surface area contributed by atoms with Crippen LogP contribution in [0.1, 0.15) is 74.9 Å². The number of carbonyl (C=O) groups is 2. The summed E-state index contributed by atoms with van der Waals surface area (Å²) in [4.78, 5) is 31.8. The molecule has 0 saturated carbocycles. The zero-order valence-corrected chi connectivity index (χ0v) is 28.9. The Labute approximate surface area is 278 Å². The van der Waals surface area contributed by atoms with Crippen molar-refractivity contribution in [1.82, 2.24) is 15.3 Å². The average Bonchev–Trinajstić information content (AvgIpc) is 2.94. The van der Waals surface area contributed by atoms with Crippen LogP contribution >= 0.6 is 12.4 Å². The fourth-order valence-corrected chi connectivity index (χ4v) is 5.90. The first-order valence-corrected chi connectivity index (χ1v) is 16.5. The third-order valence-electron chi connectivity index (χ3n) is 6.89. The standard InChI is InChI=1S/C33H44N4O7S.ClH/c1-7-43-29(38)16-8-9-17-34-25(20-33(4,5)6)21-44-28-19-27(30-22(2)12-10-13-23(30)3)35-32(36-28)37-45(41,42)26-15-11-14-24(18-26)31(39)40;/h10-15,18-19,25,34H,7-9,16-17,20-21H2,1-6H3,(H,39,40)(H,35,36,37);1H/t25-;/m1./s1. The number of carboxylic acids is 1. The minimum absolute atomic E-state index is 0. The lowest BCUT2D eigenvalue weighted by Gasteiger charge is -2.27. The Balaban J connectivity index is 0.00000736. The molecule has 46 heavy (non-hydrogen) atoms. The number of unbranched alkanes of at least 4 members (excludes halogenated alkanes) is 1. The van der Waals surface area contributed by atoms with Crippen LogP contribution in [0.4, 0.5) is 5.95 Å². The van der Waals surface area contributed by atoms with Crippen molar-refractivity contribution in [1.29, 1.82) is 0 Å². The van der Waals surface area contributed by atoms with Crippen LogP contribution in [0.5, 0.6) is 5.88 Å². The number of carbonyl (C=O) groups excluding carboxylic acids is 1. The van der Waals surface area contributed by atoms with Gasteiger partial charge in [0, 0.05) is 24.1 Å². The number of hydrogen-bond acceptors (Lipinski definition) is 9. The van der Waals surface area contributed by atoms with E-state index < -0.39 is 16.0 Å². The molecule has 0 fully saturated rings. The van der Waals surface area contributed by atoms with Gasteiger partial charge in [-0.3, -0.25) is 4.79 Å². The number of rotatable bonds is 16. The maximum atomic E-state index is 13.3. The lowest BCUT2D eigenvalue weighted by atomic mass is 9.88. The monoisotopic (exact) mass is 676 g/mol. The highest BCUT2D eigenvalue weighted by atomic mass is 35.5. The molecule has 1 atom stereocenters. The number of nitrogens with zero attached hydrogens (tertiary/aromatic N) is 2. The van der Waals surface area contributed by atoms with Gasteiger partial charge in [-0.05, 0) is 81.3 Å². The van der Waals surface area contributed by atoms with Gasteiger partial charge in [0.1, 0.15) is 6.61 Å². The summed E-state index contributed by atoms with van der Waals surface area (Å²) < 4.78 is 40.2. The molecule has 3 N–H and O–H groups in total. The van der Waals surface area contributed by atoms with Crippen LogP contribution in [0.3, 0.4) is 0 Å². The highest BCUT2D eigenvalue weighted by molar-refractivity contribution is 7.92. The van der Waals surface area contributed by atoms with E-state index in [1.165, 1.54) is 18.2 Å². The van der Waals surface area contributed by atoms with Crippen molar-refractivity contribution in [2.24, 2.45) is 5.41 Å². The zero-order chi connectivity index (χ0) is 33.2. The second-order valence-corrected chi connectivity index (χ2v) is 13.8. The van der Waals surface area contributed by atoms with Crippen molar-refractivity contribution >= 4 is 40.3 Å². The number of hydrogen-bond donors (Lipinski definition) is 3. The van der Waals surface area contributed by atoms with Crippen LogP contribution in [0.15, 0.2) is 53.4 Å². The lowest BCUT2D eigenvalue weighted by molar-refractivity contribution is -0.143. The van der Waals surface area contributed by atoms with Crippen molar-refractivity contribution in [3.63, 3.8) is 0 Å². The number of esters is 1. The van der Waals surface area contributed by atoms with Crippen LogP contribution < -0.4 is 14.8 Å². The normalized spacial score (nSPS) is 12.1. The first-order valence-electron chi connectivity index (χ1n) is 15.0. The number of halogens is 1. The van der Waals surface area contributed by atoms with E-state index in [1.807, 2.05) is 32.0 Å². The second kappa shape index (κ2) is 17.3. The van der Waals surface area contributed by atoms with Gasteiger partial charge in [0.05, 0.1) is 22.8 Å². The third kappa shape index (κ3) is 11.9. The Morgan fingerprint density at radius 3 is 2.30 bits per heavy atom. The molecule has 252 valence electrons. The predicted molar refractivity (Wildman–Crippen MR) is 180 cm³/mol. The van der Waals surface area contributed by atoms with E-state index in [9.17, 15) is 23.1 Å². The summed E-state index contributed by atoms with van der Waals surface area (Å²) in [6.45, 7) is 13.4. The highest BCUT2D eigenvalue weighted by Crippen LogP contribution is 2.30. The molecule has 0 aliphatic carbocycles. The van der Waals surface area contributed by atoms with E-state index >= 15 is 0 Å². The summed E-state index contributed by atoms with van der Waals surface area (Å²) in [7, 11) is -4.23. The molecule has 11 nitrogen and oxygen atoms in total. The molecular formula is C33H45ClN4O7S. The van der Waals surface area contributed by atoms with Crippen molar-refractivity contribution in [2.75, 3.05) is 24.5 Å². The molecule has 3 aromatic rings. The summed E-state index contributed by atoms with van der Waals surface area (Å²) >= 11 is 0. The molecule has 0 bridgehead atoms. The van der Waals surface area contributed by atoms with Crippen LogP contribution in [-0.4, -0.2) is 61.2 Å². The van der Waals surface area contributed by atoms with Gasteiger partial charge >= 0.3 is 11.9 Å². The Hall–Kier alpha value is -3.74. The Bertz CT molecular complexity index is 1570. The number of ether oxygens (including phenoxy) is 2. The summed E-state index contributed by atoms with van der Waals surface area (Å²) in [6, 6.07) is 12.5. The van der Waals surface area contributed by atoms with Gasteiger partial charge in [0.2, 0.25) is 11.8 Å². The quantitative estimate of drug-likeness (QED) is 0.118. The molecule has 1 heterocycles. The first-order chi connectivity index (χ1) is 21.2. The fraction of sp³-hybridized carbons (Fsp3) is 0.455. The molecule has 0 unspecified atom stereocenters. The molecule has 2 aromatic carbocycles. The molecule has 13 heteroatoms. The Morgan fingerprint density at radius 1 is 1.00 bits per heavy atom. The van der Waals surface area contributed by atoms with E-state index in [0.29, 0.717) is 31.7 Å². The van der Waals surface area contributed by atoms with Crippen molar-refractivity contribution in [3.8, 4) is 17.1 Å². The smallest absolute Gasteiger partial charge is 0.335 e. The van der Waals surface area contributed by atoms with Crippen molar-refractivity contribution in [2.45, 2.75) is 78.2 Å². The lowest BCUT2D eigenvalue weighted by Crippen LogP contribution is -2.38. The number of anilines is 1. The van der Waals surface area contributed by atoms with Crippen LogP contribution in [0, 0.1) is 19.3 Å². The molecule has 0 amide bonds. The number of carboxylic acid groups (broad SMARTS) is 1. The van der Waals surface area contributed by atoms with Crippen LogP contribution in [0.2, 0.25) is 0 Å². The number of aryl methyl sites for hydroxylation is 2. The molecular weight excluding hydrogens is 632 g/mol. The number of benzene rings is 2. The molecule has 0 aliphatic rings. The Kier molecular flexibility index (Phi) is 14.4. The molecule has 0 saturated heterocycles. The van der Waals surface area contributed by atoms with Gasteiger partial charge in [-0.2, -0.15) is 4.98 Å². The topological polar surface area (TPSA) is 157 Å². The number of sulfonamides is 1. The summed E-state index contributed by atoms with van der Waals surface area (Å²) in [5.74, 6) is -1.46. The van der Waals surface area contributed by atoms with Crippen LogP contribution in [-0.2, 0) is 19.6 Å². The van der Waals surface area contributed by atoms with Crippen molar-refractivity contribution in [3.05, 3.63) is 65.2 Å². The van der Waals surface area contributed by atoms with E-state index in [4.69, 9.17) is 9.47 Å². The number of nitrogens with one attached hydrogen (secondary N) is 2. The minimum atomic E-state index is -4.23. The highest BCUT2D eigenvalue weighted by Gasteiger charge is 2.22. The average molecular weight is 677 g/mol. The molecule has 3 rings (SSSR count). The summed E-state index contributed by atoms with van der Waals surface area (Å²) in [5.41, 5.74) is 3.02. The Morgan fingerprint density at radius 2 is 1.67 bits per heavy atom. The third-order valence-corrected chi connectivity index (χ3v) is 8.22. The molecule has 0 aliphatic heterocycles. The predicted octanol–water partition coefficient (Wildman–Crippen LogP) is 6.19. The van der Waals surface area contributed by atoms with E-state index in [0.717, 1.165) is 35.6 Å². The first kappa shape index (κ1) is 38.4. The summed E-state index contributed by atoms with van der Waals surface area (Å²) in [5, 5.41) is 12.9. The number of aromatic nitrogens is 2. The molecule has 1 aromatic heterocycles. The number of aromatic carboxylic acids is 1. The van der Waals surface area contributed by atoms with Gasteiger partial charge in [-0.1, -0.05) is 45.0 Å². The van der Waals surface area contributed by atoms with Gasteiger partial charge < -0.3 is 19.9 Å². The maximum absolute atomic E-state index is 13.3. The summed E-state index contributed by atoms with van der Waals surface area (Å²) in [6.07, 6.45) is 2.66. The maximum Gasteiger partial charge on any atom is 0.335 e. The fourth-order valence-electron chi connectivity index (χ4n) is 4.92. The van der Waals surface area contributed by atoms with Crippen molar-refractivity contribution < 1.29 is 32.6 Å². The van der Waals surface area contributed by atoms with E-state index in [2.05, 4.69) is 40.8 Å². The molecule has 0 spiro atoms. The largest absolute Gasteiger partial charge is 0.478 e. The van der Waals surface area contributed by atoms with Gasteiger partial charge in [0.25, 0.3) is 10.0 Å². The van der Waals surface area contributed by atoms with Gasteiger partial charge in [-0.25, -0.2) is 22.9 Å². The van der Waals surface area contributed by atoms with E-state index in [1.54, 1.807) is 13.0 Å². The SMILES string of the molecule is CCOC(=O)CCCCN[C@@H](COc1cc(-c2c(C)cccc2C)nc(NS(=O)(=O)c2cccc(C(=O)O)c2)n1)CC(C)(C)C.Cl. The molecule has 0 radical (unpaired) electrons. The van der Waals surface area contributed by atoms with Crippen LogP contribution in [0.25, 0.3) is 11.3 Å².